The Balaban J connectivity index is 1.80. The van der Waals surface area contributed by atoms with Gasteiger partial charge in [0.15, 0.2) is 0 Å². The number of aliphatic imine (C=N–C) groups is 1. The molecule has 6 heteroatoms. The van der Waals surface area contributed by atoms with Gasteiger partial charge in [0.2, 0.25) is 0 Å². The summed E-state index contributed by atoms with van der Waals surface area (Å²) in [5, 5.41) is 0.742. The molecule has 1 aromatic rings. The summed E-state index contributed by atoms with van der Waals surface area (Å²) in [6, 6.07) is 8.68. The lowest BCUT2D eigenvalue weighted by Gasteiger charge is -2.38. The second kappa shape index (κ2) is 8.63. The molecule has 0 N–H and O–H groups in total. The first-order valence-electron chi connectivity index (χ1n) is 10.5. The van der Waals surface area contributed by atoms with Crippen molar-refractivity contribution in [1.82, 2.24) is 4.90 Å². The van der Waals surface area contributed by atoms with E-state index in [0.717, 1.165) is 34.6 Å². The molecule has 2 aliphatic heterocycles. The van der Waals surface area contributed by atoms with Crippen molar-refractivity contribution in [3.63, 3.8) is 0 Å². The van der Waals surface area contributed by atoms with Crippen LogP contribution < -0.4 is 4.90 Å². The highest BCUT2D eigenvalue weighted by molar-refractivity contribution is 7.99. The summed E-state index contributed by atoms with van der Waals surface area (Å²) in [5.74, 6) is 3.49. The maximum absolute atomic E-state index is 6.63. The van der Waals surface area contributed by atoms with Crippen molar-refractivity contribution >= 4 is 52.1 Å². The van der Waals surface area contributed by atoms with Gasteiger partial charge in [-0.15, -0.1) is 0 Å². The zero-order valence-corrected chi connectivity index (χ0v) is 19.3. The van der Waals surface area contributed by atoms with Gasteiger partial charge >= 0.3 is 0 Å². The molecule has 1 saturated carbocycles. The molecule has 2 saturated heterocycles. The molecule has 3 nitrogen and oxygen atoms in total. The number of thiocarbonyl (C=S) groups is 1. The Morgan fingerprint density at radius 1 is 1.11 bits per heavy atom. The fraction of sp³-hybridized carbons (Fsp3) is 0.636. The van der Waals surface area contributed by atoms with Gasteiger partial charge in [-0.05, 0) is 25.0 Å². The Bertz CT molecular complexity index is 752. The van der Waals surface area contributed by atoms with Crippen molar-refractivity contribution in [3.05, 3.63) is 29.3 Å². The van der Waals surface area contributed by atoms with Crippen molar-refractivity contribution in [2.45, 2.75) is 58.0 Å². The first-order valence-corrected chi connectivity index (χ1v) is 12.4. The van der Waals surface area contributed by atoms with Gasteiger partial charge in [0.25, 0.3) is 0 Å². The van der Waals surface area contributed by atoms with Crippen LogP contribution in [0.25, 0.3) is 0 Å². The molecule has 3 aliphatic rings. The molecule has 4 rings (SSSR count). The third-order valence-corrected chi connectivity index (χ3v) is 8.28. The standard InChI is InChI=1S/C22H30ClN3S2/c1-22(2)19(25-12-14-28-15-13-25)20(24-16-8-4-3-5-9-16)26(21(22)27)18-11-7-6-10-17(18)23/h6-7,10-11,16,19H,3-5,8-9,12-15H2,1-2H3/t19-/m1/s1. The van der Waals surface area contributed by atoms with Crippen LogP contribution in [0.1, 0.15) is 46.0 Å². The van der Waals surface area contributed by atoms with Crippen molar-refractivity contribution in [2.24, 2.45) is 10.4 Å². The number of para-hydroxylation sites is 1. The van der Waals surface area contributed by atoms with Gasteiger partial charge in [-0.3, -0.25) is 14.8 Å². The molecule has 0 amide bonds. The summed E-state index contributed by atoms with van der Waals surface area (Å²) in [6.45, 7) is 6.77. The van der Waals surface area contributed by atoms with Gasteiger partial charge < -0.3 is 0 Å². The lowest BCUT2D eigenvalue weighted by molar-refractivity contribution is 0.201. The molecule has 0 aromatic heterocycles. The highest BCUT2D eigenvalue weighted by Gasteiger charge is 2.52. The maximum Gasteiger partial charge on any atom is 0.127 e. The fourth-order valence-electron chi connectivity index (χ4n) is 4.80. The number of anilines is 1. The van der Waals surface area contributed by atoms with E-state index >= 15 is 0 Å². The lowest BCUT2D eigenvalue weighted by Crippen LogP contribution is -2.51. The molecule has 28 heavy (non-hydrogen) atoms. The maximum atomic E-state index is 6.63. The van der Waals surface area contributed by atoms with Crippen molar-refractivity contribution in [1.29, 1.82) is 0 Å². The van der Waals surface area contributed by atoms with E-state index in [-0.39, 0.29) is 11.5 Å². The molecular formula is C22H30ClN3S2. The first-order chi connectivity index (χ1) is 13.5. The van der Waals surface area contributed by atoms with Gasteiger partial charge in [0.1, 0.15) is 5.84 Å². The van der Waals surface area contributed by atoms with Crippen LogP contribution in [-0.2, 0) is 0 Å². The molecule has 2 heterocycles. The van der Waals surface area contributed by atoms with Crippen LogP contribution >= 0.6 is 35.6 Å². The van der Waals surface area contributed by atoms with E-state index in [1.165, 1.54) is 43.6 Å². The van der Waals surface area contributed by atoms with Crippen molar-refractivity contribution < 1.29 is 0 Å². The van der Waals surface area contributed by atoms with E-state index in [0.29, 0.717) is 6.04 Å². The third kappa shape index (κ3) is 3.88. The average molecular weight is 436 g/mol. The Morgan fingerprint density at radius 3 is 2.46 bits per heavy atom. The predicted molar refractivity (Wildman–Crippen MR) is 127 cm³/mol. The molecule has 0 radical (unpaired) electrons. The van der Waals surface area contributed by atoms with E-state index in [1.807, 2.05) is 30.0 Å². The van der Waals surface area contributed by atoms with Crippen LogP contribution in [0.15, 0.2) is 29.3 Å². The van der Waals surface area contributed by atoms with Gasteiger partial charge in [-0.2, -0.15) is 11.8 Å². The number of hydrogen-bond donors (Lipinski definition) is 0. The van der Waals surface area contributed by atoms with Gasteiger partial charge in [0, 0.05) is 30.0 Å². The number of rotatable bonds is 3. The Hall–Kier alpha value is -0.620. The predicted octanol–water partition coefficient (Wildman–Crippen LogP) is 5.66. The van der Waals surface area contributed by atoms with Crippen LogP contribution in [0.2, 0.25) is 5.02 Å². The Labute approximate surface area is 183 Å². The summed E-state index contributed by atoms with van der Waals surface area (Å²) in [4.78, 5) is 11.1. The van der Waals surface area contributed by atoms with Crippen LogP contribution in [0.4, 0.5) is 5.69 Å². The molecule has 0 bridgehead atoms. The van der Waals surface area contributed by atoms with Gasteiger partial charge in [0.05, 0.1) is 27.8 Å². The van der Waals surface area contributed by atoms with E-state index < -0.39 is 0 Å². The fourth-order valence-corrected chi connectivity index (χ4v) is 6.26. The van der Waals surface area contributed by atoms with Crippen molar-refractivity contribution in [3.8, 4) is 0 Å². The number of thioether (sulfide) groups is 1. The Morgan fingerprint density at radius 2 is 1.79 bits per heavy atom. The SMILES string of the molecule is CC1(C)C(=S)N(c2ccccc2Cl)C(=NC2CCCCC2)[C@H]1N1CCSCC1. The minimum Gasteiger partial charge on any atom is -0.291 e. The lowest BCUT2D eigenvalue weighted by atomic mass is 9.85. The molecule has 152 valence electrons. The number of halogens is 1. The first kappa shape index (κ1) is 20.6. The van der Waals surface area contributed by atoms with E-state index in [9.17, 15) is 0 Å². The Kier molecular flexibility index (Phi) is 6.36. The van der Waals surface area contributed by atoms with E-state index in [2.05, 4.69) is 29.7 Å². The minimum atomic E-state index is -0.149. The second-order valence-corrected chi connectivity index (χ2v) is 10.7. The molecule has 0 unspecified atom stereocenters. The van der Waals surface area contributed by atoms with Gasteiger partial charge in [-0.25, -0.2) is 0 Å². The molecular weight excluding hydrogens is 406 g/mol. The van der Waals surface area contributed by atoms with Crippen LogP contribution in [0.5, 0.6) is 0 Å². The van der Waals surface area contributed by atoms with E-state index in [4.69, 9.17) is 28.8 Å². The quantitative estimate of drug-likeness (QED) is 0.570. The number of benzene rings is 1. The molecule has 0 spiro atoms. The number of hydrogen-bond acceptors (Lipinski definition) is 4. The smallest absolute Gasteiger partial charge is 0.127 e. The summed E-state index contributed by atoms with van der Waals surface area (Å²) in [7, 11) is 0. The molecule has 1 atom stereocenters. The summed E-state index contributed by atoms with van der Waals surface area (Å²) >= 11 is 14.7. The molecule has 3 fully saturated rings. The second-order valence-electron chi connectivity index (χ2n) is 8.64. The van der Waals surface area contributed by atoms with Crippen LogP contribution in [-0.4, -0.2) is 52.4 Å². The largest absolute Gasteiger partial charge is 0.291 e. The van der Waals surface area contributed by atoms with Crippen molar-refractivity contribution in [2.75, 3.05) is 29.5 Å². The topological polar surface area (TPSA) is 18.8 Å². The summed E-state index contributed by atoms with van der Waals surface area (Å²) < 4.78 is 0. The monoisotopic (exact) mass is 435 g/mol. The number of nitrogens with zero attached hydrogens (tertiary/aromatic N) is 3. The average Bonchev–Trinajstić information content (AvgIpc) is 2.89. The summed E-state index contributed by atoms with van der Waals surface area (Å²) in [6.07, 6.45) is 6.29. The molecule has 1 aromatic carbocycles. The zero-order valence-electron chi connectivity index (χ0n) is 16.9. The normalized spacial score (nSPS) is 28.2. The highest BCUT2D eigenvalue weighted by atomic mass is 35.5. The van der Waals surface area contributed by atoms with Gasteiger partial charge in [-0.1, -0.05) is 69.1 Å². The third-order valence-electron chi connectivity index (χ3n) is 6.31. The molecule has 1 aliphatic carbocycles. The van der Waals surface area contributed by atoms with Crippen LogP contribution in [0, 0.1) is 5.41 Å². The zero-order chi connectivity index (χ0) is 19.7. The highest BCUT2D eigenvalue weighted by Crippen LogP contribution is 2.43. The van der Waals surface area contributed by atoms with Crippen LogP contribution in [0.3, 0.4) is 0 Å². The summed E-state index contributed by atoms with van der Waals surface area (Å²) in [5.41, 5.74) is 0.829. The minimum absolute atomic E-state index is 0.149. The van der Waals surface area contributed by atoms with E-state index in [1.54, 1.807) is 0 Å². The number of amidine groups is 1.